The van der Waals surface area contributed by atoms with Crippen molar-refractivity contribution in [2.45, 2.75) is 44.4 Å². The Morgan fingerprint density at radius 3 is 1.94 bits per heavy atom. The molecule has 3 amide bonds. The van der Waals surface area contributed by atoms with E-state index in [1.165, 1.54) is 0 Å². The van der Waals surface area contributed by atoms with E-state index in [0.717, 1.165) is 5.56 Å². The van der Waals surface area contributed by atoms with E-state index in [2.05, 4.69) is 41.2 Å². The molecule has 0 aromatic heterocycles. The molecule has 4 unspecified atom stereocenters. The van der Waals surface area contributed by atoms with Crippen molar-refractivity contribution >= 4 is 48.9 Å². The number of benzene rings is 1. The Balaban J connectivity index is 3.01. The third-order valence-electron chi connectivity index (χ3n) is 4.50. The monoisotopic (exact) mass is 470 g/mol. The van der Waals surface area contributed by atoms with Gasteiger partial charge in [-0.2, -0.15) is 25.3 Å². The number of nitrogens with two attached hydrogens (primary N) is 1. The maximum absolute atomic E-state index is 12.9. The third-order valence-corrected chi connectivity index (χ3v) is 5.25. The van der Waals surface area contributed by atoms with Crippen molar-refractivity contribution in [3.8, 4) is 0 Å². The highest BCUT2D eigenvalue weighted by atomic mass is 32.1. The van der Waals surface area contributed by atoms with Crippen LogP contribution in [0, 0.1) is 5.92 Å². The molecule has 31 heavy (non-hydrogen) atoms. The van der Waals surface area contributed by atoms with E-state index in [4.69, 9.17) is 5.73 Å². The molecule has 1 aromatic rings. The predicted molar refractivity (Wildman–Crippen MR) is 124 cm³/mol. The van der Waals surface area contributed by atoms with Crippen LogP contribution in [-0.2, 0) is 25.6 Å². The van der Waals surface area contributed by atoms with E-state index < -0.39 is 47.9 Å². The number of carbonyl (C=O) groups excluding carboxylic acids is 3. The van der Waals surface area contributed by atoms with Gasteiger partial charge in [0.25, 0.3) is 0 Å². The van der Waals surface area contributed by atoms with E-state index >= 15 is 0 Å². The van der Waals surface area contributed by atoms with Crippen LogP contribution in [0.5, 0.6) is 0 Å². The lowest BCUT2D eigenvalue weighted by Gasteiger charge is -2.25. The lowest BCUT2D eigenvalue weighted by atomic mass is 10.0. The topological polar surface area (TPSA) is 151 Å². The fourth-order valence-electron chi connectivity index (χ4n) is 2.65. The van der Waals surface area contributed by atoms with Gasteiger partial charge < -0.3 is 26.8 Å². The fraction of sp³-hybridized carbons (Fsp3) is 0.500. The maximum atomic E-state index is 12.9. The first-order valence-corrected chi connectivity index (χ1v) is 11.0. The van der Waals surface area contributed by atoms with Crippen LogP contribution in [0.3, 0.4) is 0 Å². The van der Waals surface area contributed by atoms with Crippen molar-refractivity contribution in [2.24, 2.45) is 11.7 Å². The molecule has 0 saturated heterocycles. The first-order valence-electron chi connectivity index (χ1n) is 9.75. The number of thiol groups is 2. The Bertz CT molecular complexity index is 763. The van der Waals surface area contributed by atoms with Gasteiger partial charge in [-0.1, -0.05) is 44.2 Å². The van der Waals surface area contributed by atoms with Gasteiger partial charge in [0.15, 0.2) is 0 Å². The molecule has 0 spiro atoms. The lowest BCUT2D eigenvalue weighted by molar-refractivity contribution is -0.143. The van der Waals surface area contributed by atoms with Gasteiger partial charge in [-0.3, -0.25) is 14.4 Å². The summed E-state index contributed by atoms with van der Waals surface area (Å²) in [5.74, 6) is -3.32. The molecule has 1 rings (SSSR count). The van der Waals surface area contributed by atoms with E-state index in [-0.39, 0.29) is 23.8 Å². The van der Waals surface area contributed by atoms with Crippen molar-refractivity contribution in [1.82, 2.24) is 16.0 Å². The zero-order valence-electron chi connectivity index (χ0n) is 17.4. The van der Waals surface area contributed by atoms with Gasteiger partial charge in [0, 0.05) is 17.9 Å². The maximum Gasteiger partial charge on any atom is 0.326 e. The number of aliphatic carboxylic acids is 1. The number of amides is 3. The van der Waals surface area contributed by atoms with Gasteiger partial charge >= 0.3 is 5.97 Å². The number of rotatable bonds is 12. The second-order valence-corrected chi connectivity index (χ2v) is 8.08. The smallest absolute Gasteiger partial charge is 0.326 e. The molecule has 11 heteroatoms. The molecule has 0 aliphatic rings. The standard InChI is InChI=1S/C20H30N4O5S2/c1-11(2)16(20(28)29)24-18(26)14(8-12-6-4-3-5-7-12)22-19(27)15(10-31)23-17(25)13(21)9-30/h3-7,11,13-16,30-31H,8-10,21H2,1-2H3,(H,22,27)(H,23,25)(H,24,26)(H,28,29). The molecule has 0 fully saturated rings. The Labute approximate surface area is 192 Å². The van der Waals surface area contributed by atoms with Gasteiger partial charge in [-0.15, -0.1) is 0 Å². The summed E-state index contributed by atoms with van der Waals surface area (Å²) in [5.41, 5.74) is 6.38. The SMILES string of the molecule is CC(C)C(NC(=O)C(Cc1ccccc1)NC(=O)C(CS)NC(=O)C(N)CS)C(=O)O. The zero-order chi connectivity index (χ0) is 23.6. The number of hydrogen-bond acceptors (Lipinski definition) is 7. The summed E-state index contributed by atoms with van der Waals surface area (Å²) in [6, 6.07) is 4.85. The molecule has 0 bridgehead atoms. The number of nitrogens with one attached hydrogen (secondary N) is 3. The number of carboxylic acids is 1. The number of carbonyl (C=O) groups is 4. The van der Waals surface area contributed by atoms with Gasteiger partial charge in [0.05, 0.1) is 6.04 Å². The fourth-order valence-corrected chi connectivity index (χ4v) is 3.08. The molecule has 172 valence electrons. The van der Waals surface area contributed by atoms with Crippen molar-refractivity contribution < 1.29 is 24.3 Å². The van der Waals surface area contributed by atoms with Crippen molar-refractivity contribution in [3.63, 3.8) is 0 Å². The quantitative estimate of drug-likeness (QED) is 0.207. The van der Waals surface area contributed by atoms with E-state index in [0.29, 0.717) is 0 Å². The minimum absolute atomic E-state index is 0.0275. The van der Waals surface area contributed by atoms with E-state index in [1.807, 2.05) is 6.07 Å². The summed E-state index contributed by atoms with van der Waals surface area (Å²) < 4.78 is 0. The first kappa shape index (κ1) is 26.8. The normalized spacial score (nSPS) is 14.8. The first-order chi connectivity index (χ1) is 14.6. The van der Waals surface area contributed by atoms with E-state index in [1.54, 1.807) is 38.1 Å². The van der Waals surface area contributed by atoms with Crippen LogP contribution in [0.1, 0.15) is 19.4 Å². The lowest BCUT2D eigenvalue weighted by Crippen LogP contribution is -2.58. The molecule has 0 radical (unpaired) electrons. The van der Waals surface area contributed by atoms with Crippen LogP contribution in [0.4, 0.5) is 0 Å². The molecule has 4 atom stereocenters. The van der Waals surface area contributed by atoms with E-state index in [9.17, 15) is 24.3 Å². The molecular weight excluding hydrogens is 440 g/mol. The summed E-state index contributed by atoms with van der Waals surface area (Å²) in [4.78, 5) is 49.1. The summed E-state index contributed by atoms with van der Waals surface area (Å²) in [5, 5.41) is 16.9. The predicted octanol–water partition coefficient (Wildman–Crippen LogP) is -0.389. The molecular formula is C20H30N4O5S2. The average molecular weight is 471 g/mol. The minimum atomic E-state index is -1.17. The highest BCUT2D eigenvalue weighted by Crippen LogP contribution is 2.07. The Morgan fingerprint density at radius 2 is 1.45 bits per heavy atom. The zero-order valence-corrected chi connectivity index (χ0v) is 19.2. The molecule has 1 aromatic carbocycles. The average Bonchev–Trinajstić information content (AvgIpc) is 2.74. The highest BCUT2D eigenvalue weighted by molar-refractivity contribution is 7.80. The van der Waals surface area contributed by atoms with Gasteiger partial charge in [0.1, 0.15) is 18.1 Å². The largest absolute Gasteiger partial charge is 0.480 e. The van der Waals surface area contributed by atoms with Crippen LogP contribution in [0.15, 0.2) is 30.3 Å². The molecule has 0 aliphatic heterocycles. The summed E-state index contributed by atoms with van der Waals surface area (Å²) in [7, 11) is 0. The Kier molecular flexibility index (Phi) is 11.4. The van der Waals surface area contributed by atoms with Crippen molar-refractivity contribution in [3.05, 3.63) is 35.9 Å². The third kappa shape index (κ3) is 8.80. The highest BCUT2D eigenvalue weighted by Gasteiger charge is 2.31. The molecule has 6 N–H and O–H groups in total. The number of hydrogen-bond donors (Lipinski definition) is 7. The second-order valence-electron chi connectivity index (χ2n) is 7.35. The van der Waals surface area contributed by atoms with Gasteiger partial charge in [-0.25, -0.2) is 4.79 Å². The van der Waals surface area contributed by atoms with Crippen LogP contribution >= 0.6 is 25.3 Å². The van der Waals surface area contributed by atoms with Crippen LogP contribution < -0.4 is 21.7 Å². The van der Waals surface area contributed by atoms with Gasteiger partial charge in [0.2, 0.25) is 17.7 Å². The molecule has 0 saturated carbocycles. The van der Waals surface area contributed by atoms with Crippen molar-refractivity contribution in [2.75, 3.05) is 11.5 Å². The molecule has 9 nitrogen and oxygen atoms in total. The molecule has 0 heterocycles. The minimum Gasteiger partial charge on any atom is -0.480 e. The van der Waals surface area contributed by atoms with Crippen molar-refractivity contribution in [1.29, 1.82) is 0 Å². The summed E-state index contributed by atoms with van der Waals surface area (Å²) in [6.07, 6.45) is 0.131. The van der Waals surface area contributed by atoms with Crippen LogP contribution in [0.2, 0.25) is 0 Å². The number of carboxylic acid groups (broad SMARTS) is 1. The van der Waals surface area contributed by atoms with Gasteiger partial charge in [-0.05, 0) is 11.5 Å². The van der Waals surface area contributed by atoms with Crippen LogP contribution in [-0.4, -0.2) is 64.5 Å². The Hall–Kier alpha value is -2.24. The summed E-state index contributed by atoms with van der Waals surface area (Å²) >= 11 is 8.05. The second kappa shape index (κ2) is 13.2. The molecule has 0 aliphatic carbocycles. The Morgan fingerprint density at radius 1 is 0.903 bits per heavy atom. The summed E-state index contributed by atoms with van der Waals surface area (Å²) in [6.45, 7) is 3.34. The van der Waals surface area contributed by atoms with Crippen LogP contribution in [0.25, 0.3) is 0 Å².